The fourth-order valence-electron chi connectivity index (χ4n) is 5.16. The molecule has 0 bridgehead atoms. The first-order valence-corrected chi connectivity index (χ1v) is 12.5. The van der Waals surface area contributed by atoms with E-state index in [9.17, 15) is 13.9 Å². The van der Waals surface area contributed by atoms with Gasteiger partial charge in [0, 0.05) is 37.3 Å². The quantitative estimate of drug-likeness (QED) is 0.365. The van der Waals surface area contributed by atoms with E-state index in [1.54, 1.807) is 24.3 Å². The van der Waals surface area contributed by atoms with Gasteiger partial charge in [-0.15, -0.1) is 0 Å². The second kappa shape index (κ2) is 10.3. The molecule has 2 heterocycles. The number of benzene rings is 3. The molecule has 186 valence electrons. The van der Waals surface area contributed by atoms with Gasteiger partial charge in [-0.1, -0.05) is 42.5 Å². The summed E-state index contributed by atoms with van der Waals surface area (Å²) < 4.78 is 27.1. The topological polar surface area (TPSA) is 39.6 Å². The van der Waals surface area contributed by atoms with Crippen LogP contribution in [0.5, 0.6) is 0 Å². The number of piperazine rings is 1. The molecule has 3 aromatic carbocycles. The van der Waals surface area contributed by atoms with Crippen molar-refractivity contribution in [3.8, 4) is 0 Å². The molecule has 1 aliphatic heterocycles. The lowest BCUT2D eigenvalue weighted by Crippen LogP contribution is -2.47. The first-order chi connectivity index (χ1) is 17.4. The van der Waals surface area contributed by atoms with Crippen molar-refractivity contribution in [3.63, 3.8) is 0 Å². The van der Waals surface area contributed by atoms with E-state index in [4.69, 9.17) is 4.98 Å². The Labute approximate surface area is 210 Å². The molecule has 0 atom stereocenters. The fourth-order valence-corrected chi connectivity index (χ4v) is 5.16. The van der Waals surface area contributed by atoms with Crippen LogP contribution in [0.4, 0.5) is 14.5 Å². The van der Waals surface area contributed by atoms with Crippen LogP contribution in [0.25, 0.3) is 10.9 Å². The molecule has 0 saturated carbocycles. The van der Waals surface area contributed by atoms with Gasteiger partial charge in [0.15, 0.2) is 0 Å². The van der Waals surface area contributed by atoms with Crippen molar-refractivity contribution >= 4 is 16.6 Å². The van der Waals surface area contributed by atoms with E-state index in [0.717, 1.165) is 55.7 Å². The average molecular weight is 488 g/mol. The predicted molar refractivity (Wildman–Crippen MR) is 140 cm³/mol. The number of rotatable bonds is 7. The number of hydrogen-bond acceptors (Lipinski definition) is 4. The summed E-state index contributed by atoms with van der Waals surface area (Å²) in [4.78, 5) is 9.60. The number of fused-ring (bicyclic) bond motifs is 1. The van der Waals surface area contributed by atoms with E-state index in [2.05, 4.69) is 34.1 Å². The Morgan fingerprint density at radius 3 is 2.03 bits per heavy atom. The molecule has 5 rings (SSSR count). The lowest BCUT2D eigenvalue weighted by Gasteiger charge is -2.37. The molecule has 36 heavy (non-hydrogen) atoms. The van der Waals surface area contributed by atoms with Gasteiger partial charge in [-0.25, -0.2) is 8.78 Å². The maximum atomic E-state index is 13.5. The highest BCUT2D eigenvalue weighted by Gasteiger charge is 2.31. The number of anilines is 1. The first kappa shape index (κ1) is 24.3. The second-order valence-electron chi connectivity index (χ2n) is 9.61. The minimum absolute atomic E-state index is 0.352. The van der Waals surface area contributed by atoms with Crippen LogP contribution in [0.3, 0.4) is 0 Å². The number of aliphatic hydroxyl groups is 1. The summed E-state index contributed by atoms with van der Waals surface area (Å²) in [5, 5.41) is 12.9. The Balaban J connectivity index is 1.24. The summed E-state index contributed by atoms with van der Waals surface area (Å²) in [7, 11) is 0. The number of aromatic nitrogens is 1. The Morgan fingerprint density at radius 1 is 0.806 bits per heavy atom. The SMILES string of the molecule is Cc1ccc2cccc(N3CCN(CCCC(O)(c4ccc(F)cc4)c4ccc(F)cc4)CC3)c2n1. The normalized spacial score (nSPS) is 14.9. The van der Waals surface area contributed by atoms with Gasteiger partial charge in [0.1, 0.15) is 17.2 Å². The van der Waals surface area contributed by atoms with Crippen molar-refractivity contribution in [2.24, 2.45) is 0 Å². The average Bonchev–Trinajstić information content (AvgIpc) is 2.89. The number of pyridine rings is 1. The van der Waals surface area contributed by atoms with Gasteiger partial charge in [-0.2, -0.15) is 0 Å². The van der Waals surface area contributed by atoms with Gasteiger partial charge in [0.05, 0.1) is 11.2 Å². The van der Waals surface area contributed by atoms with Gasteiger partial charge in [-0.3, -0.25) is 9.88 Å². The minimum Gasteiger partial charge on any atom is -0.380 e. The highest BCUT2D eigenvalue weighted by Crippen LogP contribution is 2.35. The van der Waals surface area contributed by atoms with Crippen LogP contribution in [0.15, 0.2) is 78.9 Å². The number of para-hydroxylation sites is 1. The summed E-state index contributed by atoms with van der Waals surface area (Å²) >= 11 is 0. The van der Waals surface area contributed by atoms with Crippen molar-refractivity contribution < 1.29 is 13.9 Å². The largest absolute Gasteiger partial charge is 0.380 e. The minimum atomic E-state index is -1.31. The van der Waals surface area contributed by atoms with Crippen LogP contribution in [0, 0.1) is 18.6 Å². The van der Waals surface area contributed by atoms with E-state index in [1.807, 2.05) is 13.0 Å². The lowest BCUT2D eigenvalue weighted by atomic mass is 9.82. The molecule has 0 amide bonds. The maximum Gasteiger partial charge on any atom is 0.123 e. The monoisotopic (exact) mass is 487 g/mol. The standard InChI is InChI=1S/C30H31F2N3O/c1-22-6-7-23-4-2-5-28(29(23)33-22)35-20-18-34(19-21-35)17-3-16-30(36,24-8-12-26(31)13-9-24)25-10-14-27(32)15-11-25/h2,4-15,36H,3,16-21H2,1H3. The number of halogens is 2. The van der Waals surface area contributed by atoms with Gasteiger partial charge in [-0.05, 0) is 73.8 Å². The van der Waals surface area contributed by atoms with E-state index in [-0.39, 0.29) is 11.6 Å². The highest BCUT2D eigenvalue weighted by molar-refractivity contribution is 5.91. The van der Waals surface area contributed by atoms with E-state index in [1.165, 1.54) is 30.0 Å². The number of nitrogens with zero attached hydrogens (tertiary/aromatic N) is 3. The summed E-state index contributed by atoms with van der Waals surface area (Å²) in [5.41, 5.74) is 3.16. The van der Waals surface area contributed by atoms with E-state index >= 15 is 0 Å². The zero-order chi connectivity index (χ0) is 25.1. The summed E-state index contributed by atoms with van der Waals surface area (Å²) in [5.74, 6) is -0.704. The van der Waals surface area contributed by atoms with Crippen LogP contribution in [-0.2, 0) is 5.60 Å². The predicted octanol–water partition coefficient (Wildman–Crippen LogP) is 5.66. The third-order valence-corrected chi connectivity index (χ3v) is 7.21. The van der Waals surface area contributed by atoms with Crippen LogP contribution in [0.1, 0.15) is 29.7 Å². The third kappa shape index (κ3) is 5.11. The Morgan fingerprint density at radius 2 is 1.42 bits per heavy atom. The van der Waals surface area contributed by atoms with Crippen LogP contribution in [0.2, 0.25) is 0 Å². The van der Waals surface area contributed by atoms with Crippen molar-refractivity contribution in [3.05, 3.63) is 107 Å². The first-order valence-electron chi connectivity index (χ1n) is 12.5. The molecule has 0 spiro atoms. The van der Waals surface area contributed by atoms with Gasteiger partial charge >= 0.3 is 0 Å². The van der Waals surface area contributed by atoms with Crippen molar-refractivity contribution in [2.75, 3.05) is 37.6 Å². The molecule has 1 N–H and O–H groups in total. The summed E-state index contributed by atoms with van der Waals surface area (Å²) in [6.07, 6.45) is 1.21. The van der Waals surface area contributed by atoms with Gasteiger partial charge < -0.3 is 10.0 Å². The number of aryl methyl sites for hydroxylation is 1. The Hall–Kier alpha value is -3.35. The highest BCUT2D eigenvalue weighted by atomic mass is 19.1. The third-order valence-electron chi connectivity index (χ3n) is 7.21. The summed E-state index contributed by atoms with van der Waals surface area (Å²) in [6, 6.07) is 22.4. The smallest absolute Gasteiger partial charge is 0.123 e. The molecule has 0 unspecified atom stereocenters. The van der Waals surface area contributed by atoms with Crippen LogP contribution < -0.4 is 4.90 Å². The number of hydrogen-bond donors (Lipinski definition) is 1. The molecule has 1 saturated heterocycles. The van der Waals surface area contributed by atoms with Crippen molar-refractivity contribution in [1.29, 1.82) is 0 Å². The van der Waals surface area contributed by atoms with Crippen molar-refractivity contribution in [2.45, 2.75) is 25.4 Å². The molecule has 1 fully saturated rings. The molecular formula is C30H31F2N3O. The van der Waals surface area contributed by atoms with E-state index < -0.39 is 5.60 Å². The molecule has 1 aliphatic rings. The van der Waals surface area contributed by atoms with Gasteiger partial charge in [0.25, 0.3) is 0 Å². The second-order valence-corrected chi connectivity index (χ2v) is 9.61. The molecule has 0 aliphatic carbocycles. The summed E-state index contributed by atoms with van der Waals surface area (Å²) in [6.45, 7) is 6.53. The van der Waals surface area contributed by atoms with E-state index in [0.29, 0.717) is 17.5 Å². The maximum absolute atomic E-state index is 13.5. The zero-order valence-electron chi connectivity index (χ0n) is 20.5. The zero-order valence-corrected chi connectivity index (χ0v) is 20.5. The Kier molecular flexibility index (Phi) is 6.99. The molecule has 4 aromatic rings. The molecular weight excluding hydrogens is 456 g/mol. The fraction of sp³-hybridized carbons (Fsp3) is 0.300. The van der Waals surface area contributed by atoms with Gasteiger partial charge in [0.2, 0.25) is 0 Å². The van der Waals surface area contributed by atoms with Crippen LogP contribution >= 0.6 is 0 Å². The van der Waals surface area contributed by atoms with Crippen molar-refractivity contribution in [1.82, 2.24) is 9.88 Å². The molecule has 6 heteroatoms. The molecule has 4 nitrogen and oxygen atoms in total. The molecule has 1 aromatic heterocycles. The lowest BCUT2D eigenvalue weighted by molar-refractivity contribution is 0.0643. The Bertz CT molecular complexity index is 1270. The molecule has 0 radical (unpaired) electrons. The van der Waals surface area contributed by atoms with Crippen LogP contribution in [-0.4, -0.2) is 47.7 Å².